The number of hydrogen-bond acceptors (Lipinski definition) is 1. The molecule has 0 unspecified atom stereocenters. The van der Waals surface area contributed by atoms with Crippen molar-refractivity contribution in [1.82, 2.24) is 0 Å². The Hall–Kier alpha value is -1.74. The van der Waals surface area contributed by atoms with Gasteiger partial charge in [0.15, 0.2) is 0 Å². The van der Waals surface area contributed by atoms with E-state index in [1.54, 1.807) is 0 Å². The Morgan fingerprint density at radius 2 is 0.900 bits per heavy atom. The molecule has 0 spiro atoms. The molecule has 0 bridgehead atoms. The fourth-order valence-electron chi connectivity index (χ4n) is 2.07. The standard InChI is InChI=1S/C6H6O.2C6H5.Sn/c7-6-4-2-1-3-5-6;2*1-2-4-6-5-3-1;/h1-5,7H;2*1-5H;/q;;;+1/p-1. The molecule has 97 valence electrons. The second kappa shape index (κ2) is 6.62. The molecule has 0 fully saturated rings. The minimum atomic E-state index is -2.34. The number of para-hydroxylation sites is 1. The third-order valence-electron chi connectivity index (χ3n) is 3.04. The summed E-state index contributed by atoms with van der Waals surface area (Å²) in [6, 6.07) is 31.3. The van der Waals surface area contributed by atoms with E-state index in [-0.39, 0.29) is 0 Å². The third-order valence-corrected chi connectivity index (χ3v) is 9.19. The van der Waals surface area contributed by atoms with Gasteiger partial charge in [0.05, 0.1) is 0 Å². The average molecular weight is 366 g/mol. The van der Waals surface area contributed by atoms with Gasteiger partial charge in [-0.25, -0.2) is 0 Å². The van der Waals surface area contributed by atoms with Crippen molar-refractivity contribution in [3.05, 3.63) is 91.0 Å². The van der Waals surface area contributed by atoms with E-state index in [4.69, 9.17) is 3.07 Å². The van der Waals surface area contributed by atoms with Gasteiger partial charge in [-0.15, -0.1) is 0 Å². The Bertz CT molecular complexity index is 599. The quantitative estimate of drug-likeness (QED) is 0.646. The molecule has 0 aliphatic carbocycles. The molecule has 1 nitrogen and oxygen atoms in total. The van der Waals surface area contributed by atoms with Crippen LogP contribution in [0.4, 0.5) is 0 Å². The van der Waals surface area contributed by atoms with Crippen molar-refractivity contribution < 1.29 is 3.07 Å². The molecule has 0 atom stereocenters. The van der Waals surface area contributed by atoms with E-state index in [1.807, 2.05) is 30.3 Å². The summed E-state index contributed by atoms with van der Waals surface area (Å²) in [5.41, 5.74) is 0. The van der Waals surface area contributed by atoms with Crippen molar-refractivity contribution in [2.24, 2.45) is 0 Å². The van der Waals surface area contributed by atoms with Gasteiger partial charge in [-0.3, -0.25) is 0 Å². The first-order valence-corrected chi connectivity index (χ1v) is 10.7. The van der Waals surface area contributed by atoms with Crippen LogP contribution in [-0.2, 0) is 0 Å². The van der Waals surface area contributed by atoms with Crippen LogP contribution in [0, 0.1) is 0 Å². The second-order valence-electron chi connectivity index (χ2n) is 4.48. The van der Waals surface area contributed by atoms with Gasteiger partial charge in [-0.2, -0.15) is 0 Å². The van der Waals surface area contributed by atoms with E-state index >= 15 is 0 Å². The summed E-state index contributed by atoms with van der Waals surface area (Å²) >= 11 is -2.34. The first-order chi connectivity index (χ1) is 9.93. The van der Waals surface area contributed by atoms with Crippen LogP contribution in [0.15, 0.2) is 91.0 Å². The van der Waals surface area contributed by atoms with Crippen LogP contribution in [0.1, 0.15) is 0 Å². The van der Waals surface area contributed by atoms with E-state index in [2.05, 4.69) is 60.7 Å². The molecule has 3 aromatic rings. The molecule has 0 N–H and O–H groups in total. The van der Waals surface area contributed by atoms with Crippen LogP contribution in [0.25, 0.3) is 0 Å². The molecule has 20 heavy (non-hydrogen) atoms. The molecule has 3 rings (SSSR count). The van der Waals surface area contributed by atoms with E-state index in [1.165, 1.54) is 7.16 Å². The van der Waals surface area contributed by atoms with Crippen LogP contribution >= 0.6 is 0 Å². The predicted octanol–water partition coefficient (Wildman–Crippen LogP) is 2.87. The van der Waals surface area contributed by atoms with Crippen molar-refractivity contribution in [1.29, 1.82) is 0 Å². The molecule has 0 aliphatic rings. The van der Waals surface area contributed by atoms with Gasteiger partial charge in [0.1, 0.15) is 0 Å². The zero-order chi connectivity index (χ0) is 13.6. The molecule has 3 aromatic carbocycles. The van der Waals surface area contributed by atoms with Crippen LogP contribution in [0.3, 0.4) is 0 Å². The summed E-state index contributed by atoms with van der Waals surface area (Å²) in [6.45, 7) is 0. The number of rotatable bonds is 4. The summed E-state index contributed by atoms with van der Waals surface area (Å²) in [4.78, 5) is 0. The van der Waals surface area contributed by atoms with Crippen molar-refractivity contribution in [2.75, 3.05) is 0 Å². The Balaban J connectivity index is 1.96. The maximum absolute atomic E-state index is 6.38. The van der Waals surface area contributed by atoms with Crippen LogP contribution < -0.4 is 10.2 Å². The van der Waals surface area contributed by atoms with Crippen molar-refractivity contribution >= 4 is 27.3 Å². The van der Waals surface area contributed by atoms with Gasteiger partial charge in [-0.1, -0.05) is 0 Å². The van der Waals surface area contributed by atoms with Gasteiger partial charge in [0.2, 0.25) is 0 Å². The molecule has 0 aliphatic heterocycles. The Kier molecular flexibility index (Phi) is 4.38. The predicted molar refractivity (Wildman–Crippen MR) is 85.0 cm³/mol. The van der Waals surface area contributed by atoms with E-state index in [0.29, 0.717) is 0 Å². The molecule has 1 radical (unpaired) electrons. The molecular formula is C18H15OSn. The van der Waals surface area contributed by atoms with E-state index in [9.17, 15) is 0 Å². The summed E-state index contributed by atoms with van der Waals surface area (Å²) in [6.07, 6.45) is 0. The monoisotopic (exact) mass is 367 g/mol. The molecule has 0 saturated heterocycles. The first kappa shape index (κ1) is 13.3. The van der Waals surface area contributed by atoms with E-state index < -0.39 is 20.2 Å². The zero-order valence-corrected chi connectivity index (χ0v) is 13.9. The van der Waals surface area contributed by atoms with Crippen molar-refractivity contribution in [3.8, 4) is 5.75 Å². The van der Waals surface area contributed by atoms with Gasteiger partial charge in [0.25, 0.3) is 0 Å². The summed E-state index contributed by atoms with van der Waals surface area (Å²) in [5, 5.41) is 0. The Labute approximate surface area is 127 Å². The second-order valence-corrected chi connectivity index (χ2v) is 10.2. The average Bonchev–Trinajstić information content (AvgIpc) is 2.55. The van der Waals surface area contributed by atoms with Crippen LogP contribution in [0.5, 0.6) is 5.75 Å². The molecular weight excluding hydrogens is 351 g/mol. The Morgan fingerprint density at radius 1 is 0.500 bits per heavy atom. The van der Waals surface area contributed by atoms with Gasteiger partial charge >= 0.3 is 127 Å². The zero-order valence-electron chi connectivity index (χ0n) is 11.1. The molecule has 2 heteroatoms. The first-order valence-electron chi connectivity index (χ1n) is 6.64. The van der Waals surface area contributed by atoms with Gasteiger partial charge in [0, 0.05) is 0 Å². The fraction of sp³-hybridized carbons (Fsp3) is 0. The number of benzene rings is 3. The Morgan fingerprint density at radius 3 is 1.35 bits per heavy atom. The van der Waals surface area contributed by atoms with Crippen molar-refractivity contribution in [3.63, 3.8) is 0 Å². The SMILES string of the molecule is c1ccc([O][Sn]([c]2ccccc2)[c]2ccccc2)cc1. The van der Waals surface area contributed by atoms with Crippen molar-refractivity contribution in [2.45, 2.75) is 0 Å². The third kappa shape index (κ3) is 3.23. The summed E-state index contributed by atoms with van der Waals surface area (Å²) in [7, 11) is 0. The molecule has 0 heterocycles. The number of hydrogen-bond donors (Lipinski definition) is 0. The minimum absolute atomic E-state index is 0.967. The summed E-state index contributed by atoms with van der Waals surface area (Å²) in [5.74, 6) is 0.967. The maximum atomic E-state index is 6.38. The topological polar surface area (TPSA) is 9.23 Å². The normalized spacial score (nSPS) is 10.4. The molecule has 0 saturated carbocycles. The van der Waals surface area contributed by atoms with Gasteiger partial charge < -0.3 is 0 Å². The van der Waals surface area contributed by atoms with E-state index in [0.717, 1.165) is 5.75 Å². The molecule has 0 amide bonds. The molecule has 0 aromatic heterocycles. The fourth-order valence-corrected chi connectivity index (χ4v) is 7.58. The summed E-state index contributed by atoms with van der Waals surface area (Å²) < 4.78 is 9.09. The van der Waals surface area contributed by atoms with Crippen LogP contribution in [0.2, 0.25) is 0 Å². The van der Waals surface area contributed by atoms with Crippen LogP contribution in [-0.4, -0.2) is 20.2 Å². The van der Waals surface area contributed by atoms with Gasteiger partial charge in [-0.05, 0) is 0 Å².